The highest BCUT2D eigenvalue weighted by Crippen LogP contribution is 2.42. The average molecular weight is 294 g/mol. The first-order valence-electron chi connectivity index (χ1n) is 8.95. The first-order chi connectivity index (χ1) is 9.92. The van der Waals surface area contributed by atoms with Gasteiger partial charge in [0.25, 0.3) is 0 Å². The number of hydrogen-bond acceptors (Lipinski definition) is 2. The molecule has 3 nitrogen and oxygen atoms in total. The minimum Gasteiger partial charge on any atom is -0.355 e. The first kappa shape index (κ1) is 16.8. The van der Waals surface area contributed by atoms with E-state index < -0.39 is 0 Å². The minimum absolute atomic E-state index is 0.131. The quantitative estimate of drug-likeness (QED) is 0.815. The van der Waals surface area contributed by atoms with E-state index in [1.807, 2.05) is 0 Å². The Morgan fingerprint density at radius 1 is 1.29 bits per heavy atom. The van der Waals surface area contributed by atoms with Crippen molar-refractivity contribution in [2.24, 2.45) is 28.9 Å². The van der Waals surface area contributed by atoms with Gasteiger partial charge in [0, 0.05) is 18.5 Å². The van der Waals surface area contributed by atoms with Gasteiger partial charge in [-0.2, -0.15) is 0 Å². The summed E-state index contributed by atoms with van der Waals surface area (Å²) in [6, 6.07) is 0.216. The summed E-state index contributed by atoms with van der Waals surface area (Å²) >= 11 is 0. The fraction of sp³-hybridized carbons (Fsp3) is 0.944. The van der Waals surface area contributed by atoms with Crippen LogP contribution in [0.3, 0.4) is 0 Å². The molecule has 122 valence electrons. The predicted octanol–water partition coefficient (Wildman–Crippen LogP) is 3.47. The third-order valence-corrected chi connectivity index (χ3v) is 5.72. The Hall–Kier alpha value is -0.570. The standard InChI is InChI=1S/C18H34N2O/c1-13(2)11-18(8-4-5-9-18)12-20-17(21)16-10-15(19)7-6-14(16)3/h13-16H,4-12,19H2,1-3H3,(H,20,21). The third kappa shape index (κ3) is 4.45. The van der Waals surface area contributed by atoms with Gasteiger partial charge in [0.05, 0.1) is 0 Å². The third-order valence-electron chi connectivity index (χ3n) is 5.72. The highest BCUT2D eigenvalue weighted by molar-refractivity contribution is 5.79. The molecule has 21 heavy (non-hydrogen) atoms. The van der Waals surface area contributed by atoms with Gasteiger partial charge in [-0.25, -0.2) is 0 Å². The van der Waals surface area contributed by atoms with Crippen molar-refractivity contribution in [2.45, 2.75) is 78.2 Å². The predicted molar refractivity (Wildman–Crippen MR) is 87.8 cm³/mol. The molecule has 2 aliphatic rings. The molecule has 1 amide bonds. The van der Waals surface area contributed by atoms with Crippen LogP contribution in [0.5, 0.6) is 0 Å². The zero-order valence-electron chi connectivity index (χ0n) is 14.2. The molecule has 2 saturated carbocycles. The lowest BCUT2D eigenvalue weighted by atomic mass is 9.76. The van der Waals surface area contributed by atoms with Crippen LogP contribution in [-0.2, 0) is 4.79 Å². The van der Waals surface area contributed by atoms with E-state index in [0.29, 0.717) is 17.3 Å². The van der Waals surface area contributed by atoms with E-state index in [-0.39, 0.29) is 17.9 Å². The molecule has 0 aromatic rings. The number of nitrogens with two attached hydrogens (primary N) is 1. The van der Waals surface area contributed by atoms with Crippen LogP contribution in [0.15, 0.2) is 0 Å². The van der Waals surface area contributed by atoms with Crippen molar-refractivity contribution >= 4 is 5.91 Å². The van der Waals surface area contributed by atoms with Crippen LogP contribution in [-0.4, -0.2) is 18.5 Å². The summed E-state index contributed by atoms with van der Waals surface area (Å²) in [5.74, 6) is 1.58. The van der Waals surface area contributed by atoms with E-state index >= 15 is 0 Å². The topological polar surface area (TPSA) is 55.1 Å². The Kier molecular flexibility index (Phi) is 5.70. The maximum absolute atomic E-state index is 12.6. The lowest BCUT2D eigenvalue weighted by Crippen LogP contribution is -2.45. The van der Waals surface area contributed by atoms with Gasteiger partial charge < -0.3 is 11.1 Å². The zero-order valence-corrected chi connectivity index (χ0v) is 14.2. The number of carbonyl (C=O) groups excluding carboxylic acids is 1. The average Bonchev–Trinajstić information content (AvgIpc) is 2.87. The number of amides is 1. The molecule has 3 atom stereocenters. The maximum atomic E-state index is 12.6. The minimum atomic E-state index is 0.131. The number of rotatable bonds is 5. The van der Waals surface area contributed by atoms with Crippen LogP contribution in [0, 0.1) is 23.2 Å². The molecule has 2 fully saturated rings. The van der Waals surface area contributed by atoms with Crippen LogP contribution in [0.4, 0.5) is 0 Å². The lowest BCUT2D eigenvalue weighted by molar-refractivity contribution is -0.128. The highest BCUT2D eigenvalue weighted by atomic mass is 16.1. The number of nitrogens with one attached hydrogen (secondary N) is 1. The van der Waals surface area contributed by atoms with Crippen LogP contribution in [0.25, 0.3) is 0 Å². The van der Waals surface area contributed by atoms with Gasteiger partial charge in [0.2, 0.25) is 5.91 Å². The molecule has 3 heteroatoms. The van der Waals surface area contributed by atoms with E-state index in [1.54, 1.807) is 0 Å². The molecule has 0 aromatic heterocycles. The van der Waals surface area contributed by atoms with Crippen molar-refractivity contribution in [3.63, 3.8) is 0 Å². The normalized spacial score (nSPS) is 32.3. The molecule has 2 aliphatic carbocycles. The SMILES string of the molecule is CC(C)CC1(CNC(=O)C2CC(N)CCC2C)CCCC1. The Morgan fingerprint density at radius 2 is 1.95 bits per heavy atom. The van der Waals surface area contributed by atoms with E-state index in [9.17, 15) is 4.79 Å². The molecule has 0 radical (unpaired) electrons. The maximum Gasteiger partial charge on any atom is 0.223 e. The van der Waals surface area contributed by atoms with Crippen LogP contribution in [0.2, 0.25) is 0 Å². The summed E-state index contributed by atoms with van der Waals surface area (Å²) in [6.07, 6.45) is 9.49. The Balaban J connectivity index is 1.89. The number of hydrogen-bond donors (Lipinski definition) is 2. The molecule has 0 heterocycles. The largest absolute Gasteiger partial charge is 0.355 e. The van der Waals surface area contributed by atoms with Crippen molar-refractivity contribution in [2.75, 3.05) is 6.54 Å². The van der Waals surface area contributed by atoms with Crippen LogP contribution in [0.1, 0.15) is 72.1 Å². The van der Waals surface area contributed by atoms with E-state index in [1.165, 1.54) is 32.1 Å². The summed E-state index contributed by atoms with van der Waals surface area (Å²) in [5, 5.41) is 3.30. The van der Waals surface area contributed by atoms with Crippen molar-refractivity contribution in [1.29, 1.82) is 0 Å². The van der Waals surface area contributed by atoms with Gasteiger partial charge in [0.1, 0.15) is 0 Å². The second-order valence-corrected chi connectivity index (χ2v) is 8.18. The van der Waals surface area contributed by atoms with Gasteiger partial charge in [-0.1, -0.05) is 33.6 Å². The fourth-order valence-electron chi connectivity index (χ4n) is 4.57. The Bertz CT molecular complexity index is 347. The van der Waals surface area contributed by atoms with E-state index in [2.05, 4.69) is 26.1 Å². The van der Waals surface area contributed by atoms with E-state index in [0.717, 1.165) is 25.8 Å². The molecule has 0 spiro atoms. The van der Waals surface area contributed by atoms with Gasteiger partial charge in [-0.15, -0.1) is 0 Å². The van der Waals surface area contributed by atoms with Gasteiger partial charge >= 0.3 is 0 Å². The van der Waals surface area contributed by atoms with Crippen molar-refractivity contribution in [1.82, 2.24) is 5.32 Å². The summed E-state index contributed by atoms with van der Waals surface area (Å²) in [7, 11) is 0. The fourth-order valence-corrected chi connectivity index (χ4v) is 4.57. The lowest BCUT2D eigenvalue weighted by Gasteiger charge is -2.35. The second-order valence-electron chi connectivity index (χ2n) is 8.18. The summed E-state index contributed by atoms with van der Waals surface area (Å²) in [4.78, 5) is 12.6. The Morgan fingerprint density at radius 3 is 2.57 bits per heavy atom. The second kappa shape index (κ2) is 7.13. The van der Waals surface area contributed by atoms with Crippen molar-refractivity contribution < 1.29 is 4.79 Å². The smallest absolute Gasteiger partial charge is 0.223 e. The molecule has 3 unspecified atom stereocenters. The zero-order chi connectivity index (χ0) is 15.5. The molecule has 3 N–H and O–H groups in total. The van der Waals surface area contributed by atoms with Crippen LogP contribution >= 0.6 is 0 Å². The molecule has 2 rings (SSSR count). The van der Waals surface area contributed by atoms with Gasteiger partial charge in [0.15, 0.2) is 0 Å². The molecule has 0 saturated heterocycles. The summed E-state index contributed by atoms with van der Waals surface area (Å²) in [6.45, 7) is 7.67. The summed E-state index contributed by atoms with van der Waals surface area (Å²) in [5.41, 5.74) is 6.42. The van der Waals surface area contributed by atoms with E-state index in [4.69, 9.17) is 5.73 Å². The van der Waals surface area contributed by atoms with Gasteiger partial charge in [-0.3, -0.25) is 4.79 Å². The number of carbonyl (C=O) groups is 1. The highest BCUT2D eigenvalue weighted by Gasteiger charge is 2.36. The van der Waals surface area contributed by atoms with Crippen molar-refractivity contribution in [3.8, 4) is 0 Å². The molecule has 0 aromatic carbocycles. The molecule has 0 aliphatic heterocycles. The monoisotopic (exact) mass is 294 g/mol. The first-order valence-corrected chi connectivity index (χ1v) is 8.95. The van der Waals surface area contributed by atoms with Crippen molar-refractivity contribution in [3.05, 3.63) is 0 Å². The summed E-state index contributed by atoms with van der Waals surface area (Å²) < 4.78 is 0. The molecule has 0 bridgehead atoms. The molecular formula is C18H34N2O. The Labute approximate surface area is 130 Å². The molecular weight excluding hydrogens is 260 g/mol. The van der Waals surface area contributed by atoms with Crippen LogP contribution < -0.4 is 11.1 Å². The van der Waals surface area contributed by atoms with Gasteiger partial charge in [-0.05, 0) is 55.8 Å².